The highest BCUT2D eigenvalue weighted by Crippen LogP contribution is 2.41. The molecule has 8 heteroatoms. The van der Waals surface area contributed by atoms with Gasteiger partial charge in [0.15, 0.2) is 5.65 Å². The zero-order valence-corrected chi connectivity index (χ0v) is 19.7. The number of pyridine rings is 2. The number of nitriles is 1. The van der Waals surface area contributed by atoms with Crippen molar-refractivity contribution in [1.29, 1.82) is 5.26 Å². The molecule has 1 fully saturated rings. The zero-order valence-electron chi connectivity index (χ0n) is 18.9. The monoisotopic (exact) mass is 478 g/mol. The Hall–Kier alpha value is -4.22. The molecular weight excluding hydrogens is 456 g/mol. The molecule has 0 amide bonds. The van der Waals surface area contributed by atoms with E-state index in [0.717, 1.165) is 40.2 Å². The smallest absolute Gasteiger partial charge is 0.248 e. The number of aromatic amines is 2. The van der Waals surface area contributed by atoms with Gasteiger partial charge < -0.3 is 9.88 Å². The average Bonchev–Trinajstić information content (AvgIpc) is 3.58. The lowest BCUT2D eigenvalue weighted by molar-refractivity contribution is 0.578. The highest BCUT2D eigenvalue weighted by molar-refractivity contribution is 7.13. The molecule has 172 valence electrons. The van der Waals surface area contributed by atoms with E-state index in [2.05, 4.69) is 50.4 Å². The lowest BCUT2D eigenvalue weighted by Gasteiger charge is -2.29. The number of hydrogen-bond donors (Lipinski definition) is 2. The van der Waals surface area contributed by atoms with Gasteiger partial charge in [0, 0.05) is 42.2 Å². The van der Waals surface area contributed by atoms with Gasteiger partial charge in [-0.25, -0.2) is 4.98 Å². The quantitative estimate of drug-likeness (QED) is 0.352. The summed E-state index contributed by atoms with van der Waals surface area (Å²) in [6, 6.07) is 18.0. The number of nitrogens with one attached hydrogen (secondary N) is 2. The first-order chi connectivity index (χ1) is 17.2. The van der Waals surface area contributed by atoms with E-state index in [4.69, 9.17) is 4.98 Å². The fraction of sp³-hybridized carbons (Fsp3) is 0.185. The number of thiophene rings is 1. The van der Waals surface area contributed by atoms with Crippen LogP contribution in [0.15, 0.2) is 64.9 Å². The van der Waals surface area contributed by atoms with Crippen molar-refractivity contribution in [3.63, 3.8) is 0 Å². The van der Waals surface area contributed by atoms with Gasteiger partial charge in [-0.2, -0.15) is 10.4 Å². The topological polar surface area (TPSA) is 101 Å². The van der Waals surface area contributed by atoms with Crippen molar-refractivity contribution in [2.24, 2.45) is 0 Å². The van der Waals surface area contributed by atoms with Gasteiger partial charge in [0.05, 0.1) is 27.2 Å². The van der Waals surface area contributed by atoms with Crippen molar-refractivity contribution < 1.29 is 0 Å². The minimum Gasteiger partial charge on any atom is -0.372 e. The van der Waals surface area contributed by atoms with Gasteiger partial charge in [-0.05, 0) is 54.5 Å². The van der Waals surface area contributed by atoms with Crippen molar-refractivity contribution in [3.8, 4) is 39.0 Å². The lowest BCUT2D eigenvalue weighted by atomic mass is 9.93. The fourth-order valence-corrected chi connectivity index (χ4v) is 5.57. The molecule has 0 atom stereocenters. The van der Waals surface area contributed by atoms with Crippen molar-refractivity contribution in [2.45, 2.75) is 19.3 Å². The highest BCUT2D eigenvalue weighted by atomic mass is 32.1. The molecule has 1 aromatic carbocycles. The normalized spacial score (nSPS) is 13.7. The first kappa shape index (κ1) is 21.3. The summed E-state index contributed by atoms with van der Waals surface area (Å²) in [5.74, 6) is 0. The van der Waals surface area contributed by atoms with Crippen molar-refractivity contribution in [2.75, 3.05) is 18.0 Å². The predicted molar refractivity (Wildman–Crippen MR) is 139 cm³/mol. The molecule has 7 nitrogen and oxygen atoms in total. The maximum absolute atomic E-state index is 12.0. The standard InChI is InChI=1S/C27H22N6OS/c28-16-20-23(17-6-8-19(9-7-17)33-12-2-1-3-13-33)24-26(21-5-4-14-35-21)31-32-27(24)30-25(20)18-10-11-29-22(34)15-18/h4-11,14-15H,1-3,12-13H2,(H,29,34)(H,30,31,32). The van der Waals surface area contributed by atoms with Crippen LogP contribution in [0.1, 0.15) is 24.8 Å². The van der Waals surface area contributed by atoms with E-state index in [1.165, 1.54) is 31.0 Å². The average molecular weight is 479 g/mol. The molecule has 0 aliphatic carbocycles. The molecule has 0 spiro atoms. The van der Waals surface area contributed by atoms with Gasteiger partial charge in [-0.3, -0.25) is 9.89 Å². The predicted octanol–water partition coefficient (Wildman–Crippen LogP) is 5.57. The van der Waals surface area contributed by atoms with Gasteiger partial charge in [-0.1, -0.05) is 18.2 Å². The first-order valence-corrected chi connectivity index (χ1v) is 12.5. The van der Waals surface area contributed by atoms with Crippen LogP contribution in [0.3, 0.4) is 0 Å². The van der Waals surface area contributed by atoms with Gasteiger partial charge in [-0.15, -0.1) is 11.3 Å². The molecule has 0 radical (unpaired) electrons. The van der Waals surface area contributed by atoms with E-state index in [9.17, 15) is 10.1 Å². The summed E-state index contributed by atoms with van der Waals surface area (Å²) in [5, 5.41) is 20.8. The Labute approximate surface area is 205 Å². The Bertz CT molecular complexity index is 1600. The summed E-state index contributed by atoms with van der Waals surface area (Å²) in [4.78, 5) is 22.8. The summed E-state index contributed by atoms with van der Waals surface area (Å²) >= 11 is 1.60. The van der Waals surface area contributed by atoms with Crippen LogP contribution in [0.4, 0.5) is 5.69 Å². The zero-order chi connectivity index (χ0) is 23.8. The summed E-state index contributed by atoms with van der Waals surface area (Å²) in [7, 11) is 0. The number of fused-ring (bicyclic) bond motifs is 1. The number of H-pyrrole nitrogens is 2. The largest absolute Gasteiger partial charge is 0.372 e. The number of hydrogen-bond acceptors (Lipinski definition) is 6. The van der Waals surface area contributed by atoms with Crippen molar-refractivity contribution in [1.82, 2.24) is 20.2 Å². The minimum absolute atomic E-state index is 0.248. The molecule has 0 saturated carbocycles. The third-order valence-corrected chi connectivity index (χ3v) is 7.39. The van der Waals surface area contributed by atoms with Gasteiger partial charge in [0.2, 0.25) is 5.56 Å². The molecule has 2 N–H and O–H groups in total. The van der Waals surface area contributed by atoms with E-state index in [0.29, 0.717) is 22.5 Å². The number of anilines is 1. The highest BCUT2D eigenvalue weighted by Gasteiger charge is 2.23. The second kappa shape index (κ2) is 8.85. The van der Waals surface area contributed by atoms with Gasteiger partial charge in [0.25, 0.3) is 0 Å². The Morgan fingerprint density at radius 3 is 2.57 bits per heavy atom. The Kier molecular flexibility index (Phi) is 5.39. The van der Waals surface area contributed by atoms with Gasteiger partial charge in [0.1, 0.15) is 6.07 Å². The Morgan fingerprint density at radius 2 is 1.86 bits per heavy atom. The van der Waals surface area contributed by atoms with Crippen molar-refractivity contribution in [3.05, 3.63) is 76.0 Å². The van der Waals surface area contributed by atoms with E-state index in [1.807, 2.05) is 17.5 Å². The molecule has 35 heavy (non-hydrogen) atoms. The van der Waals surface area contributed by atoms with Crippen LogP contribution in [0.25, 0.3) is 44.0 Å². The second-order valence-electron chi connectivity index (χ2n) is 8.63. The maximum atomic E-state index is 12.0. The third kappa shape index (κ3) is 3.80. The van der Waals surface area contributed by atoms with Gasteiger partial charge >= 0.3 is 0 Å². The van der Waals surface area contributed by atoms with Crippen molar-refractivity contribution >= 4 is 28.1 Å². The minimum atomic E-state index is -0.248. The van der Waals surface area contributed by atoms with E-state index >= 15 is 0 Å². The molecule has 1 aliphatic rings. The van der Waals surface area contributed by atoms with Crippen LogP contribution in [0.5, 0.6) is 0 Å². The molecule has 1 aliphatic heterocycles. The number of piperidine rings is 1. The van der Waals surface area contributed by atoms with Crippen LogP contribution in [0.2, 0.25) is 0 Å². The number of benzene rings is 1. The molecular formula is C27H22N6OS. The number of rotatable bonds is 4. The summed E-state index contributed by atoms with van der Waals surface area (Å²) in [6.45, 7) is 2.14. The first-order valence-electron chi connectivity index (χ1n) is 11.6. The Morgan fingerprint density at radius 1 is 1.03 bits per heavy atom. The summed E-state index contributed by atoms with van der Waals surface area (Å²) in [6.07, 6.45) is 5.28. The molecule has 5 aromatic rings. The fourth-order valence-electron chi connectivity index (χ4n) is 4.84. The molecule has 6 rings (SSSR count). The lowest BCUT2D eigenvalue weighted by Crippen LogP contribution is -2.29. The molecule has 1 saturated heterocycles. The van der Waals surface area contributed by atoms with Crippen LogP contribution >= 0.6 is 11.3 Å². The maximum Gasteiger partial charge on any atom is 0.248 e. The van der Waals surface area contributed by atoms with Crippen LogP contribution in [-0.2, 0) is 0 Å². The molecule has 5 heterocycles. The summed E-state index contributed by atoms with van der Waals surface area (Å²) in [5.41, 5.74) is 5.44. The number of nitrogens with zero attached hydrogens (tertiary/aromatic N) is 4. The Balaban J connectivity index is 1.60. The SMILES string of the molecule is N#Cc1c(-c2cc[nH]c(=O)c2)nc2n[nH]c(-c3cccs3)c2c1-c1ccc(N2CCCCC2)cc1. The van der Waals surface area contributed by atoms with E-state index in [1.54, 1.807) is 23.6 Å². The van der Waals surface area contributed by atoms with E-state index in [-0.39, 0.29) is 5.56 Å². The third-order valence-electron chi connectivity index (χ3n) is 6.51. The van der Waals surface area contributed by atoms with Crippen LogP contribution < -0.4 is 10.5 Å². The summed E-state index contributed by atoms with van der Waals surface area (Å²) < 4.78 is 0. The van der Waals surface area contributed by atoms with E-state index < -0.39 is 0 Å². The van der Waals surface area contributed by atoms with Crippen LogP contribution in [-0.4, -0.2) is 33.3 Å². The molecule has 0 bridgehead atoms. The number of aromatic nitrogens is 4. The molecule has 0 unspecified atom stereocenters. The van der Waals surface area contributed by atoms with Crippen LogP contribution in [0, 0.1) is 11.3 Å². The molecule has 4 aromatic heterocycles. The second-order valence-corrected chi connectivity index (χ2v) is 9.58.